The van der Waals surface area contributed by atoms with E-state index in [4.69, 9.17) is 5.73 Å². The van der Waals surface area contributed by atoms with Crippen LogP contribution in [0.25, 0.3) is 0 Å². The predicted octanol–water partition coefficient (Wildman–Crippen LogP) is 1.31. The van der Waals surface area contributed by atoms with E-state index in [2.05, 4.69) is 4.40 Å². The Bertz CT molecular complexity index is 535. The SMILES string of the molecule is CCC(N)CC1=NS(=O)(=O)c2ccccc21. The molecule has 0 aliphatic carbocycles. The van der Waals surface area contributed by atoms with Crippen molar-refractivity contribution in [2.24, 2.45) is 10.1 Å². The molecule has 1 aromatic rings. The highest BCUT2D eigenvalue weighted by Gasteiger charge is 2.28. The highest BCUT2D eigenvalue weighted by Crippen LogP contribution is 2.27. The fourth-order valence-corrected chi connectivity index (χ4v) is 2.99. The van der Waals surface area contributed by atoms with E-state index in [1.165, 1.54) is 0 Å². The van der Waals surface area contributed by atoms with Gasteiger partial charge in [0.2, 0.25) is 0 Å². The van der Waals surface area contributed by atoms with E-state index < -0.39 is 10.0 Å². The summed E-state index contributed by atoms with van der Waals surface area (Å²) >= 11 is 0. The summed E-state index contributed by atoms with van der Waals surface area (Å²) < 4.78 is 27.2. The minimum atomic E-state index is -3.48. The van der Waals surface area contributed by atoms with Crippen molar-refractivity contribution in [3.8, 4) is 0 Å². The van der Waals surface area contributed by atoms with Crippen LogP contribution in [0.5, 0.6) is 0 Å². The van der Waals surface area contributed by atoms with E-state index >= 15 is 0 Å². The first-order valence-corrected chi connectivity index (χ1v) is 6.67. The maximum Gasteiger partial charge on any atom is 0.283 e. The molecule has 1 aromatic carbocycles. The summed E-state index contributed by atoms with van der Waals surface area (Å²) in [4.78, 5) is 0.299. The van der Waals surface area contributed by atoms with Gasteiger partial charge in [-0.1, -0.05) is 25.1 Å². The van der Waals surface area contributed by atoms with E-state index in [1.54, 1.807) is 18.2 Å². The molecule has 0 radical (unpaired) electrons. The van der Waals surface area contributed by atoms with Crippen LogP contribution in [0.4, 0.5) is 0 Å². The van der Waals surface area contributed by atoms with Gasteiger partial charge in [0.25, 0.3) is 10.0 Å². The predicted molar refractivity (Wildman–Crippen MR) is 63.0 cm³/mol. The maximum atomic E-state index is 11.7. The van der Waals surface area contributed by atoms with Gasteiger partial charge in [-0.3, -0.25) is 0 Å². The first-order chi connectivity index (χ1) is 7.54. The van der Waals surface area contributed by atoms with Gasteiger partial charge in [-0.25, -0.2) is 0 Å². The quantitative estimate of drug-likeness (QED) is 0.862. The summed E-state index contributed by atoms with van der Waals surface area (Å²) in [6.45, 7) is 1.97. The fourth-order valence-electron chi connectivity index (χ4n) is 1.71. The zero-order chi connectivity index (χ0) is 11.8. The Hall–Kier alpha value is -1.20. The molecule has 0 spiro atoms. The lowest BCUT2D eigenvalue weighted by molar-refractivity contribution is 0.599. The van der Waals surface area contributed by atoms with E-state index in [9.17, 15) is 8.42 Å². The number of nitrogens with zero attached hydrogens (tertiary/aromatic N) is 1. The number of fused-ring (bicyclic) bond motifs is 1. The summed E-state index contributed by atoms with van der Waals surface area (Å²) in [5.41, 5.74) is 7.11. The molecule has 1 unspecified atom stereocenters. The number of benzene rings is 1. The van der Waals surface area contributed by atoms with Gasteiger partial charge < -0.3 is 5.73 Å². The fraction of sp³-hybridized carbons (Fsp3) is 0.364. The van der Waals surface area contributed by atoms with Crippen molar-refractivity contribution in [1.29, 1.82) is 0 Å². The van der Waals surface area contributed by atoms with Gasteiger partial charge in [-0.2, -0.15) is 12.8 Å². The zero-order valence-electron chi connectivity index (χ0n) is 9.05. The van der Waals surface area contributed by atoms with Crippen LogP contribution in [0.15, 0.2) is 33.6 Å². The second-order valence-corrected chi connectivity index (χ2v) is 5.45. The standard InChI is InChI=1S/C11H14N2O2S/c1-2-8(12)7-10-9-5-3-4-6-11(9)16(14,15)13-10/h3-6,8H,2,7,12H2,1H3. The Labute approximate surface area is 95.2 Å². The van der Waals surface area contributed by atoms with Crippen molar-refractivity contribution < 1.29 is 8.42 Å². The van der Waals surface area contributed by atoms with Crippen LogP contribution in [-0.4, -0.2) is 20.2 Å². The average Bonchev–Trinajstić information content (AvgIpc) is 2.51. The third-order valence-electron chi connectivity index (χ3n) is 2.69. The van der Waals surface area contributed by atoms with Crippen LogP contribution < -0.4 is 5.73 Å². The van der Waals surface area contributed by atoms with Crippen LogP contribution in [0.3, 0.4) is 0 Å². The van der Waals surface area contributed by atoms with Crippen molar-refractivity contribution in [1.82, 2.24) is 0 Å². The van der Waals surface area contributed by atoms with Crippen molar-refractivity contribution in [2.75, 3.05) is 0 Å². The molecule has 5 heteroatoms. The number of nitrogens with two attached hydrogens (primary N) is 1. The van der Waals surface area contributed by atoms with Crippen LogP contribution in [-0.2, 0) is 10.0 Å². The molecule has 1 atom stereocenters. The first kappa shape index (κ1) is 11.3. The third kappa shape index (κ3) is 1.88. The summed E-state index contributed by atoms with van der Waals surface area (Å²) in [7, 11) is -3.48. The number of sulfonamides is 1. The molecule has 16 heavy (non-hydrogen) atoms. The lowest BCUT2D eigenvalue weighted by Crippen LogP contribution is -2.22. The van der Waals surface area contributed by atoms with Gasteiger partial charge >= 0.3 is 0 Å². The van der Waals surface area contributed by atoms with Crippen molar-refractivity contribution in [3.05, 3.63) is 29.8 Å². The molecule has 0 amide bonds. The number of hydrogen-bond acceptors (Lipinski definition) is 3. The largest absolute Gasteiger partial charge is 0.327 e. The first-order valence-electron chi connectivity index (χ1n) is 5.23. The van der Waals surface area contributed by atoms with Gasteiger partial charge in [0.1, 0.15) is 0 Å². The van der Waals surface area contributed by atoms with Gasteiger partial charge in [0.15, 0.2) is 0 Å². The molecule has 1 aliphatic rings. The maximum absolute atomic E-state index is 11.7. The van der Waals surface area contributed by atoms with Gasteiger partial charge in [0.05, 0.1) is 10.6 Å². The van der Waals surface area contributed by atoms with E-state index in [0.717, 1.165) is 6.42 Å². The van der Waals surface area contributed by atoms with E-state index in [0.29, 0.717) is 22.6 Å². The Kier molecular flexibility index (Phi) is 2.82. The number of rotatable bonds is 3. The van der Waals surface area contributed by atoms with Gasteiger partial charge in [-0.05, 0) is 12.5 Å². The molecule has 1 heterocycles. The molecule has 0 aromatic heterocycles. The summed E-state index contributed by atoms with van der Waals surface area (Å²) in [6.07, 6.45) is 1.31. The molecule has 86 valence electrons. The van der Waals surface area contributed by atoms with Crippen LogP contribution in [0, 0.1) is 0 Å². The second kappa shape index (κ2) is 3.99. The lowest BCUT2D eigenvalue weighted by atomic mass is 10.0. The Balaban J connectivity index is 2.43. The third-order valence-corrected chi connectivity index (χ3v) is 4.06. The molecule has 2 N–H and O–H groups in total. The van der Waals surface area contributed by atoms with E-state index in [-0.39, 0.29) is 6.04 Å². The van der Waals surface area contributed by atoms with Crippen LogP contribution >= 0.6 is 0 Å². The Morgan fingerprint density at radius 2 is 2.06 bits per heavy atom. The summed E-state index contributed by atoms with van der Waals surface area (Å²) in [6, 6.07) is 6.83. The van der Waals surface area contributed by atoms with Crippen LogP contribution in [0.2, 0.25) is 0 Å². The van der Waals surface area contributed by atoms with Gasteiger partial charge in [-0.15, -0.1) is 0 Å². The molecule has 2 rings (SSSR count). The zero-order valence-corrected chi connectivity index (χ0v) is 9.87. The Morgan fingerprint density at radius 1 is 1.38 bits per heavy atom. The molecule has 0 saturated heterocycles. The second-order valence-electron chi connectivity index (χ2n) is 3.88. The smallest absolute Gasteiger partial charge is 0.283 e. The van der Waals surface area contributed by atoms with Crippen molar-refractivity contribution >= 4 is 15.7 Å². The molecule has 0 saturated carbocycles. The molecular formula is C11H14N2O2S. The molecule has 0 bridgehead atoms. The highest BCUT2D eigenvalue weighted by molar-refractivity contribution is 7.90. The monoisotopic (exact) mass is 238 g/mol. The molecular weight excluding hydrogens is 224 g/mol. The van der Waals surface area contributed by atoms with Crippen molar-refractivity contribution in [2.45, 2.75) is 30.7 Å². The average molecular weight is 238 g/mol. The normalized spacial score (nSPS) is 19.0. The van der Waals surface area contributed by atoms with E-state index in [1.807, 2.05) is 13.0 Å². The molecule has 1 aliphatic heterocycles. The summed E-state index contributed by atoms with van der Waals surface area (Å²) in [5.74, 6) is 0. The highest BCUT2D eigenvalue weighted by atomic mass is 32.2. The number of hydrogen-bond donors (Lipinski definition) is 1. The van der Waals surface area contributed by atoms with Crippen molar-refractivity contribution in [3.63, 3.8) is 0 Å². The van der Waals surface area contributed by atoms with Crippen LogP contribution in [0.1, 0.15) is 25.3 Å². The minimum Gasteiger partial charge on any atom is -0.327 e. The Morgan fingerprint density at radius 3 is 2.75 bits per heavy atom. The lowest BCUT2D eigenvalue weighted by Gasteiger charge is -2.07. The van der Waals surface area contributed by atoms with Gasteiger partial charge in [0, 0.05) is 18.0 Å². The topological polar surface area (TPSA) is 72.5 Å². The minimum absolute atomic E-state index is 0.0416. The summed E-state index contributed by atoms with van der Waals surface area (Å²) in [5, 5.41) is 0. The molecule has 0 fully saturated rings. The molecule has 4 nitrogen and oxygen atoms in total.